The molecule has 1 aromatic heterocycles. The highest BCUT2D eigenvalue weighted by Gasteiger charge is 2.33. The largest absolute Gasteiger partial charge is 0.493 e. The van der Waals surface area contributed by atoms with Crippen LogP contribution < -0.4 is 19.3 Å². The van der Waals surface area contributed by atoms with Gasteiger partial charge in [-0.2, -0.15) is 0 Å². The number of nitrogens with zero attached hydrogens (tertiary/aromatic N) is 6. The van der Waals surface area contributed by atoms with Crippen LogP contribution in [0.3, 0.4) is 0 Å². The molecule has 3 heterocycles. The minimum absolute atomic E-state index is 0.0372. The number of hydrogen-bond acceptors (Lipinski definition) is 7. The second-order valence-electron chi connectivity index (χ2n) is 7.33. The molecule has 3 amide bonds. The number of methoxy groups -OCH3 is 2. The summed E-state index contributed by atoms with van der Waals surface area (Å²) in [6.07, 6.45) is 3.24. The fraction of sp³-hybridized carbons (Fsp3) is 0.429. The van der Waals surface area contributed by atoms with E-state index in [9.17, 15) is 9.59 Å². The Morgan fingerprint density at radius 1 is 1.00 bits per heavy atom. The Morgan fingerprint density at radius 3 is 2.45 bits per heavy atom. The van der Waals surface area contributed by atoms with Crippen LogP contribution in [0, 0.1) is 0 Å². The molecule has 2 fully saturated rings. The van der Waals surface area contributed by atoms with Crippen molar-refractivity contribution in [3.8, 4) is 11.5 Å². The van der Waals surface area contributed by atoms with E-state index < -0.39 is 0 Å². The van der Waals surface area contributed by atoms with Crippen LogP contribution in [0.1, 0.15) is 0 Å². The van der Waals surface area contributed by atoms with Crippen molar-refractivity contribution in [2.45, 2.75) is 0 Å². The highest BCUT2D eigenvalue weighted by Crippen LogP contribution is 2.32. The van der Waals surface area contributed by atoms with Gasteiger partial charge in [0.25, 0.3) is 0 Å². The molecule has 2 saturated heterocycles. The summed E-state index contributed by atoms with van der Waals surface area (Å²) in [5.74, 6) is 1.99. The average molecular weight is 426 g/mol. The molecule has 2 aromatic rings. The van der Waals surface area contributed by atoms with E-state index >= 15 is 0 Å². The first-order valence-corrected chi connectivity index (χ1v) is 10.2. The summed E-state index contributed by atoms with van der Waals surface area (Å²) in [5.41, 5.74) is 0.719. The molecule has 2 aliphatic heterocycles. The first kappa shape index (κ1) is 20.7. The number of hydrogen-bond donors (Lipinski definition) is 0. The summed E-state index contributed by atoms with van der Waals surface area (Å²) in [7, 11) is 3.13. The van der Waals surface area contributed by atoms with E-state index in [1.165, 1.54) is 6.33 Å². The molecule has 0 saturated carbocycles. The van der Waals surface area contributed by atoms with Crippen LogP contribution in [0.2, 0.25) is 0 Å². The number of urea groups is 1. The van der Waals surface area contributed by atoms with E-state index in [0.29, 0.717) is 50.8 Å². The van der Waals surface area contributed by atoms with Gasteiger partial charge in [0.1, 0.15) is 18.7 Å². The lowest BCUT2D eigenvalue weighted by Crippen LogP contribution is -2.51. The lowest BCUT2D eigenvalue weighted by atomic mass is 10.2. The number of carbonyl (C=O) groups excluding carboxylic acids is 2. The predicted molar refractivity (Wildman–Crippen MR) is 115 cm³/mol. The first-order valence-electron chi connectivity index (χ1n) is 10.2. The highest BCUT2D eigenvalue weighted by atomic mass is 16.5. The van der Waals surface area contributed by atoms with Gasteiger partial charge in [-0.1, -0.05) is 0 Å². The normalized spacial score (nSPS) is 16.6. The molecule has 0 spiro atoms. The van der Waals surface area contributed by atoms with Crippen LogP contribution in [0.4, 0.5) is 16.3 Å². The third-order valence-electron chi connectivity index (χ3n) is 5.62. The Hall–Kier alpha value is -3.56. The molecule has 10 heteroatoms. The van der Waals surface area contributed by atoms with Crippen LogP contribution in [0.5, 0.6) is 11.5 Å². The standard InChI is InChI=1S/C21H26N6O4/c1-30-17-4-3-16(13-18(17)31-2)27-12-11-26(21(27)29)14-20(28)25-9-7-24(8-10-25)19-5-6-22-15-23-19/h3-6,13,15H,7-12,14H2,1-2H3. The molecule has 4 rings (SSSR count). The number of piperazine rings is 1. The molecular weight excluding hydrogens is 400 g/mol. The van der Waals surface area contributed by atoms with Crippen LogP contribution in [0.15, 0.2) is 36.8 Å². The zero-order valence-electron chi connectivity index (χ0n) is 17.7. The molecule has 0 bridgehead atoms. The van der Waals surface area contributed by atoms with Crippen LogP contribution in [0.25, 0.3) is 0 Å². The van der Waals surface area contributed by atoms with E-state index in [-0.39, 0.29) is 18.5 Å². The number of aromatic nitrogens is 2. The van der Waals surface area contributed by atoms with E-state index in [1.54, 1.807) is 42.3 Å². The summed E-state index contributed by atoms with van der Waals surface area (Å²) in [4.78, 5) is 41.1. The Labute approximate surface area is 181 Å². The monoisotopic (exact) mass is 426 g/mol. The van der Waals surface area contributed by atoms with Gasteiger partial charge < -0.3 is 24.2 Å². The molecule has 0 aliphatic carbocycles. The third kappa shape index (κ3) is 4.32. The Kier molecular flexibility index (Phi) is 6.06. The number of benzene rings is 1. The summed E-state index contributed by atoms with van der Waals surface area (Å²) in [5, 5.41) is 0. The molecule has 2 aliphatic rings. The lowest BCUT2D eigenvalue weighted by Gasteiger charge is -2.36. The van der Waals surface area contributed by atoms with Crippen molar-refractivity contribution in [3.05, 3.63) is 36.8 Å². The minimum atomic E-state index is -0.180. The van der Waals surface area contributed by atoms with Gasteiger partial charge in [0.05, 0.1) is 14.2 Å². The van der Waals surface area contributed by atoms with Crippen molar-refractivity contribution in [1.29, 1.82) is 0 Å². The number of carbonyl (C=O) groups is 2. The molecule has 164 valence electrons. The predicted octanol–water partition coefficient (Wildman–Crippen LogP) is 1.08. The molecule has 0 N–H and O–H groups in total. The summed E-state index contributed by atoms with van der Waals surface area (Å²) in [6.45, 7) is 3.70. The number of anilines is 2. The van der Waals surface area contributed by atoms with Gasteiger partial charge >= 0.3 is 6.03 Å². The van der Waals surface area contributed by atoms with Crippen molar-refractivity contribution in [1.82, 2.24) is 19.8 Å². The fourth-order valence-corrected chi connectivity index (χ4v) is 3.88. The average Bonchev–Trinajstić information content (AvgIpc) is 3.19. The quantitative estimate of drug-likeness (QED) is 0.683. The van der Waals surface area contributed by atoms with Crippen molar-refractivity contribution in [2.24, 2.45) is 0 Å². The van der Waals surface area contributed by atoms with E-state index in [1.807, 2.05) is 17.0 Å². The molecule has 10 nitrogen and oxygen atoms in total. The van der Waals surface area contributed by atoms with Crippen LogP contribution in [-0.2, 0) is 4.79 Å². The van der Waals surface area contributed by atoms with E-state index in [4.69, 9.17) is 9.47 Å². The second-order valence-corrected chi connectivity index (χ2v) is 7.33. The second kappa shape index (κ2) is 9.07. The summed E-state index contributed by atoms with van der Waals surface area (Å²) < 4.78 is 10.6. The van der Waals surface area contributed by atoms with Crippen LogP contribution >= 0.6 is 0 Å². The molecule has 0 unspecified atom stereocenters. The van der Waals surface area contributed by atoms with Crippen LogP contribution in [-0.4, -0.2) is 91.7 Å². The zero-order valence-corrected chi connectivity index (χ0v) is 17.7. The van der Waals surface area contributed by atoms with Gasteiger partial charge in [-0.15, -0.1) is 0 Å². The maximum Gasteiger partial charge on any atom is 0.325 e. The van der Waals surface area contributed by atoms with Gasteiger partial charge in [0.2, 0.25) is 5.91 Å². The van der Waals surface area contributed by atoms with E-state index in [0.717, 1.165) is 11.5 Å². The smallest absolute Gasteiger partial charge is 0.325 e. The van der Waals surface area contributed by atoms with Crippen molar-refractivity contribution in [2.75, 3.05) is 69.8 Å². The number of amides is 3. The summed E-state index contributed by atoms with van der Waals surface area (Å²) in [6, 6.07) is 7.04. The Morgan fingerprint density at radius 2 is 1.77 bits per heavy atom. The van der Waals surface area contributed by atoms with Gasteiger partial charge in [-0.3, -0.25) is 9.69 Å². The Bertz CT molecular complexity index is 933. The SMILES string of the molecule is COc1ccc(N2CCN(CC(=O)N3CCN(c4ccncn4)CC3)C2=O)cc1OC. The molecular formula is C21H26N6O4. The van der Waals surface area contributed by atoms with Crippen molar-refractivity contribution >= 4 is 23.4 Å². The van der Waals surface area contributed by atoms with Gasteiger partial charge in [0.15, 0.2) is 11.5 Å². The Balaban J connectivity index is 1.33. The van der Waals surface area contributed by atoms with Gasteiger partial charge in [-0.05, 0) is 18.2 Å². The van der Waals surface area contributed by atoms with Crippen molar-refractivity contribution in [3.63, 3.8) is 0 Å². The molecule has 1 aromatic carbocycles. The van der Waals surface area contributed by atoms with Crippen molar-refractivity contribution < 1.29 is 19.1 Å². The zero-order chi connectivity index (χ0) is 21.8. The first-order chi connectivity index (χ1) is 15.1. The van der Waals surface area contributed by atoms with Gasteiger partial charge in [-0.25, -0.2) is 14.8 Å². The maximum atomic E-state index is 12.9. The lowest BCUT2D eigenvalue weighted by molar-refractivity contribution is -0.131. The fourth-order valence-electron chi connectivity index (χ4n) is 3.88. The highest BCUT2D eigenvalue weighted by molar-refractivity contribution is 5.96. The molecule has 0 radical (unpaired) electrons. The maximum absolute atomic E-state index is 12.9. The molecule has 31 heavy (non-hydrogen) atoms. The summed E-state index contributed by atoms with van der Waals surface area (Å²) >= 11 is 0. The third-order valence-corrected chi connectivity index (χ3v) is 5.62. The van der Waals surface area contributed by atoms with E-state index in [2.05, 4.69) is 14.9 Å². The topological polar surface area (TPSA) is 91.3 Å². The number of rotatable bonds is 6. The van der Waals surface area contributed by atoms with Gasteiger partial charge in [0, 0.05) is 57.2 Å². The minimum Gasteiger partial charge on any atom is -0.493 e. The number of ether oxygens (including phenoxy) is 2. The molecule has 0 atom stereocenters.